The van der Waals surface area contributed by atoms with Gasteiger partial charge in [0, 0.05) is 41.4 Å². The summed E-state index contributed by atoms with van der Waals surface area (Å²) < 4.78 is 4.67. The lowest BCUT2D eigenvalue weighted by Gasteiger charge is -2.26. The van der Waals surface area contributed by atoms with E-state index in [1.165, 1.54) is 48.2 Å². The standard InChI is InChI=1S/C27H33N3O2/c1-27(2,3)25-21(22-7-5-16-28-26(22)29-25)15-18-30-17-6-8-23(30)20-12-9-19(10-13-20)11-14-24(31)32-4/h5,7,9-14,16,23H,6,8,15,17-18H2,1-4H3,(H,28,29)/b14-11+/t23-/m0/s1. The van der Waals surface area contributed by atoms with Crippen molar-refractivity contribution in [2.75, 3.05) is 20.2 Å². The topological polar surface area (TPSA) is 58.2 Å². The van der Waals surface area contributed by atoms with Gasteiger partial charge in [-0.2, -0.15) is 0 Å². The van der Waals surface area contributed by atoms with Crippen LogP contribution in [-0.4, -0.2) is 41.0 Å². The summed E-state index contributed by atoms with van der Waals surface area (Å²) in [6, 6.07) is 13.2. The number of esters is 1. The number of aromatic nitrogens is 2. The first kappa shape index (κ1) is 22.3. The molecular weight excluding hydrogens is 398 g/mol. The molecule has 1 N–H and O–H groups in total. The summed E-state index contributed by atoms with van der Waals surface area (Å²) in [6.45, 7) is 8.93. The van der Waals surface area contributed by atoms with Crippen molar-refractivity contribution in [3.63, 3.8) is 0 Å². The Kier molecular flexibility index (Phi) is 6.47. The van der Waals surface area contributed by atoms with Gasteiger partial charge in [-0.1, -0.05) is 45.0 Å². The van der Waals surface area contributed by atoms with Crippen molar-refractivity contribution in [2.24, 2.45) is 0 Å². The lowest BCUT2D eigenvalue weighted by Crippen LogP contribution is -2.26. The second-order valence-electron chi connectivity index (χ2n) is 9.60. The summed E-state index contributed by atoms with van der Waals surface area (Å²) in [5.74, 6) is -0.335. The van der Waals surface area contributed by atoms with Gasteiger partial charge in [0.05, 0.1) is 7.11 Å². The van der Waals surface area contributed by atoms with Crippen molar-refractivity contribution < 1.29 is 9.53 Å². The molecule has 5 nitrogen and oxygen atoms in total. The van der Waals surface area contributed by atoms with Gasteiger partial charge in [-0.25, -0.2) is 9.78 Å². The van der Waals surface area contributed by atoms with E-state index in [1.807, 2.05) is 12.3 Å². The number of H-pyrrole nitrogens is 1. The van der Waals surface area contributed by atoms with Crippen LogP contribution in [0, 0.1) is 0 Å². The Morgan fingerprint density at radius 3 is 2.75 bits per heavy atom. The lowest BCUT2D eigenvalue weighted by atomic mass is 9.88. The zero-order valence-corrected chi connectivity index (χ0v) is 19.5. The number of nitrogens with zero attached hydrogens (tertiary/aromatic N) is 2. The minimum absolute atomic E-state index is 0.0496. The van der Waals surface area contributed by atoms with Crippen LogP contribution in [0.3, 0.4) is 0 Å². The molecule has 0 radical (unpaired) electrons. The molecule has 0 unspecified atom stereocenters. The molecule has 1 aromatic carbocycles. The van der Waals surface area contributed by atoms with Crippen molar-refractivity contribution in [3.8, 4) is 0 Å². The maximum Gasteiger partial charge on any atom is 0.330 e. The first-order valence-electron chi connectivity index (χ1n) is 11.4. The van der Waals surface area contributed by atoms with Crippen LogP contribution in [0.5, 0.6) is 0 Å². The summed E-state index contributed by atoms with van der Waals surface area (Å²) in [4.78, 5) is 22.1. The molecule has 2 aromatic heterocycles. The third-order valence-corrected chi connectivity index (χ3v) is 6.37. The Balaban J connectivity index is 1.50. The number of fused-ring (bicyclic) bond motifs is 1. The number of likely N-dealkylation sites (tertiary alicyclic amines) is 1. The number of methoxy groups -OCH3 is 1. The number of carbonyl (C=O) groups is 1. The Hall–Kier alpha value is -2.92. The molecular formula is C27H33N3O2. The van der Waals surface area contributed by atoms with Gasteiger partial charge in [0.1, 0.15) is 5.65 Å². The number of benzene rings is 1. The van der Waals surface area contributed by atoms with Gasteiger partial charge in [-0.05, 0) is 60.7 Å². The highest BCUT2D eigenvalue weighted by Crippen LogP contribution is 2.34. The van der Waals surface area contributed by atoms with Gasteiger partial charge >= 0.3 is 5.97 Å². The smallest absolute Gasteiger partial charge is 0.330 e. The largest absolute Gasteiger partial charge is 0.466 e. The third kappa shape index (κ3) is 4.78. The van der Waals surface area contributed by atoms with E-state index in [0.29, 0.717) is 6.04 Å². The Bertz CT molecular complexity index is 1110. The summed E-state index contributed by atoms with van der Waals surface area (Å²) in [5, 5.41) is 1.25. The van der Waals surface area contributed by atoms with Crippen molar-refractivity contribution in [3.05, 3.63) is 71.1 Å². The minimum Gasteiger partial charge on any atom is -0.466 e. The number of hydrogen-bond acceptors (Lipinski definition) is 4. The van der Waals surface area contributed by atoms with Gasteiger partial charge in [0.15, 0.2) is 0 Å². The fraction of sp³-hybridized carbons (Fsp3) is 0.407. The van der Waals surface area contributed by atoms with Crippen LogP contribution in [0.2, 0.25) is 0 Å². The molecule has 3 heterocycles. The Morgan fingerprint density at radius 1 is 1.25 bits per heavy atom. The van der Waals surface area contributed by atoms with Crippen molar-refractivity contribution in [1.82, 2.24) is 14.9 Å². The van der Waals surface area contributed by atoms with E-state index >= 15 is 0 Å². The SMILES string of the molecule is COC(=O)/C=C/c1ccc([C@@H]2CCCN2CCc2c(C(C)(C)C)[nH]c3ncccc23)cc1. The molecule has 0 amide bonds. The maximum atomic E-state index is 11.3. The lowest BCUT2D eigenvalue weighted by molar-refractivity contribution is -0.134. The molecule has 0 aliphatic carbocycles. The molecule has 5 heteroatoms. The van der Waals surface area contributed by atoms with E-state index in [0.717, 1.165) is 30.7 Å². The van der Waals surface area contributed by atoms with Crippen molar-refractivity contribution in [2.45, 2.75) is 51.5 Å². The van der Waals surface area contributed by atoms with Gasteiger partial charge in [-0.3, -0.25) is 4.90 Å². The number of aromatic amines is 1. The van der Waals surface area contributed by atoms with Crippen LogP contribution in [0.1, 0.15) is 62.0 Å². The van der Waals surface area contributed by atoms with E-state index in [4.69, 9.17) is 0 Å². The molecule has 0 bridgehead atoms. The second-order valence-corrected chi connectivity index (χ2v) is 9.60. The van der Waals surface area contributed by atoms with Crippen LogP contribution < -0.4 is 0 Å². The van der Waals surface area contributed by atoms with Crippen LogP contribution in [-0.2, 0) is 21.4 Å². The zero-order chi connectivity index (χ0) is 22.7. The van der Waals surface area contributed by atoms with Crippen molar-refractivity contribution in [1.29, 1.82) is 0 Å². The number of hydrogen-bond donors (Lipinski definition) is 1. The van der Waals surface area contributed by atoms with Gasteiger partial charge < -0.3 is 9.72 Å². The number of ether oxygens (including phenoxy) is 1. The number of pyridine rings is 1. The van der Waals surface area contributed by atoms with Crippen LogP contribution in [0.4, 0.5) is 0 Å². The van der Waals surface area contributed by atoms with Crippen LogP contribution in [0.25, 0.3) is 17.1 Å². The minimum atomic E-state index is -0.335. The van der Waals surface area contributed by atoms with E-state index in [-0.39, 0.29) is 11.4 Å². The molecule has 1 saturated heterocycles. The molecule has 32 heavy (non-hydrogen) atoms. The second kappa shape index (κ2) is 9.29. The van der Waals surface area contributed by atoms with Crippen LogP contribution in [0.15, 0.2) is 48.7 Å². The number of nitrogens with one attached hydrogen (secondary N) is 1. The highest BCUT2D eigenvalue weighted by atomic mass is 16.5. The Morgan fingerprint density at radius 2 is 2.03 bits per heavy atom. The first-order chi connectivity index (χ1) is 15.4. The maximum absolute atomic E-state index is 11.3. The number of carbonyl (C=O) groups excluding carboxylic acids is 1. The van der Waals surface area contributed by atoms with Gasteiger partial charge in [0.2, 0.25) is 0 Å². The third-order valence-electron chi connectivity index (χ3n) is 6.37. The van der Waals surface area contributed by atoms with E-state index in [2.05, 4.69) is 70.7 Å². The normalized spacial score (nSPS) is 17.4. The average molecular weight is 432 g/mol. The predicted octanol–water partition coefficient (Wildman–Crippen LogP) is 5.43. The zero-order valence-electron chi connectivity index (χ0n) is 19.5. The highest BCUT2D eigenvalue weighted by molar-refractivity contribution is 5.86. The molecule has 3 aromatic rings. The molecule has 1 aliphatic rings. The molecule has 1 aliphatic heterocycles. The van der Waals surface area contributed by atoms with Crippen molar-refractivity contribution >= 4 is 23.1 Å². The summed E-state index contributed by atoms with van der Waals surface area (Å²) in [5.41, 5.74) is 6.08. The Labute approximate surface area is 190 Å². The molecule has 1 fully saturated rings. The van der Waals surface area contributed by atoms with E-state index in [1.54, 1.807) is 6.08 Å². The molecule has 168 valence electrons. The van der Waals surface area contributed by atoms with E-state index in [9.17, 15) is 4.79 Å². The predicted molar refractivity (Wildman–Crippen MR) is 130 cm³/mol. The average Bonchev–Trinajstić information content (AvgIpc) is 3.40. The fourth-order valence-electron chi connectivity index (χ4n) is 4.77. The first-order valence-corrected chi connectivity index (χ1v) is 11.4. The number of rotatable bonds is 6. The summed E-state index contributed by atoms with van der Waals surface area (Å²) >= 11 is 0. The fourth-order valence-corrected chi connectivity index (χ4v) is 4.77. The summed E-state index contributed by atoms with van der Waals surface area (Å²) in [7, 11) is 1.39. The molecule has 1 atom stereocenters. The monoisotopic (exact) mass is 431 g/mol. The van der Waals surface area contributed by atoms with Crippen LogP contribution >= 0.6 is 0 Å². The molecule has 4 rings (SSSR count). The molecule has 0 spiro atoms. The van der Waals surface area contributed by atoms with Gasteiger partial charge in [-0.15, -0.1) is 0 Å². The molecule has 0 saturated carbocycles. The summed E-state index contributed by atoms with van der Waals surface area (Å²) in [6.07, 6.45) is 8.51. The quantitative estimate of drug-likeness (QED) is 0.418. The van der Waals surface area contributed by atoms with Gasteiger partial charge in [0.25, 0.3) is 0 Å². The highest BCUT2D eigenvalue weighted by Gasteiger charge is 2.28. The van der Waals surface area contributed by atoms with E-state index < -0.39 is 0 Å².